The van der Waals surface area contributed by atoms with Crippen molar-refractivity contribution in [1.82, 2.24) is 10.3 Å². The summed E-state index contributed by atoms with van der Waals surface area (Å²) in [4.78, 5) is 4.14. The molecule has 0 amide bonds. The van der Waals surface area contributed by atoms with E-state index in [1.54, 1.807) is 16.7 Å². The molecule has 0 fully saturated rings. The molecule has 1 aromatic carbocycles. The summed E-state index contributed by atoms with van der Waals surface area (Å²) in [5, 5.41) is 2.94. The Bertz CT molecular complexity index is 651. The van der Waals surface area contributed by atoms with Gasteiger partial charge in [-0.2, -0.15) is 0 Å². The van der Waals surface area contributed by atoms with Crippen LogP contribution in [0.1, 0.15) is 18.4 Å². The van der Waals surface area contributed by atoms with Gasteiger partial charge in [0.2, 0.25) is 0 Å². The van der Waals surface area contributed by atoms with Crippen LogP contribution in [0.5, 0.6) is 0 Å². The molecule has 1 aliphatic heterocycles. The molecule has 5 nitrogen and oxygen atoms in total. The van der Waals surface area contributed by atoms with Gasteiger partial charge in [0.25, 0.3) is 0 Å². The first-order valence-electron chi connectivity index (χ1n) is 7.84. The molecule has 124 valence electrons. The average Bonchev–Trinajstić information content (AvgIpc) is 2.56. The van der Waals surface area contributed by atoms with Gasteiger partial charge in [0.15, 0.2) is 0 Å². The van der Waals surface area contributed by atoms with Crippen molar-refractivity contribution in [1.29, 1.82) is 0 Å². The number of anilines is 2. The summed E-state index contributed by atoms with van der Waals surface area (Å²) in [5.41, 5.74) is 2.74. The van der Waals surface area contributed by atoms with Crippen molar-refractivity contribution < 1.29 is 9.11 Å². The normalized spacial score (nSPS) is 20.8. The van der Waals surface area contributed by atoms with Crippen LogP contribution in [0.4, 0.5) is 11.4 Å². The zero-order valence-electron chi connectivity index (χ0n) is 13.2. The zero-order valence-corrected chi connectivity index (χ0v) is 14.0. The van der Waals surface area contributed by atoms with Crippen LogP contribution in [0.3, 0.4) is 0 Å². The predicted molar refractivity (Wildman–Crippen MR) is 96.3 cm³/mol. The van der Waals surface area contributed by atoms with E-state index < -0.39 is 10.8 Å². The number of aromatic nitrogens is 1. The Morgan fingerprint density at radius 3 is 2.83 bits per heavy atom. The monoisotopic (exact) mass is 333 g/mol. The SMILES string of the molecule is CNCCC[C@@H]1Cc2ccccc2N(c2cccnc2)S1(O)O. The van der Waals surface area contributed by atoms with Gasteiger partial charge in [-0.15, -0.1) is 10.8 Å². The van der Waals surface area contributed by atoms with Gasteiger partial charge in [0.05, 0.1) is 22.8 Å². The number of nitrogens with one attached hydrogen (secondary N) is 1. The Kier molecular flexibility index (Phi) is 4.87. The molecule has 2 aromatic rings. The first kappa shape index (κ1) is 16.3. The van der Waals surface area contributed by atoms with Gasteiger partial charge in [-0.25, -0.2) is 4.31 Å². The molecule has 1 aliphatic rings. The Labute approximate surface area is 138 Å². The van der Waals surface area contributed by atoms with Gasteiger partial charge in [0, 0.05) is 6.20 Å². The highest BCUT2D eigenvalue weighted by Crippen LogP contribution is 2.60. The highest BCUT2D eigenvalue weighted by Gasteiger charge is 2.39. The lowest BCUT2D eigenvalue weighted by atomic mass is 10.0. The Morgan fingerprint density at radius 2 is 2.09 bits per heavy atom. The number of benzene rings is 1. The summed E-state index contributed by atoms with van der Waals surface area (Å²) < 4.78 is 23.7. The number of nitrogens with zero attached hydrogens (tertiary/aromatic N) is 2. The van der Waals surface area contributed by atoms with Crippen molar-refractivity contribution in [2.24, 2.45) is 0 Å². The zero-order chi connectivity index (χ0) is 16.3. The van der Waals surface area contributed by atoms with Gasteiger partial charge >= 0.3 is 0 Å². The first-order chi connectivity index (χ1) is 11.1. The second-order valence-corrected chi connectivity index (χ2v) is 7.92. The third kappa shape index (κ3) is 3.21. The molecule has 0 spiro atoms. The number of hydrogen-bond acceptors (Lipinski definition) is 5. The van der Waals surface area contributed by atoms with Crippen LogP contribution >= 0.6 is 10.8 Å². The second-order valence-electron chi connectivity index (χ2n) is 5.77. The lowest BCUT2D eigenvalue weighted by Gasteiger charge is -2.52. The smallest absolute Gasteiger partial charge is 0.0810 e. The maximum Gasteiger partial charge on any atom is 0.0810 e. The fraction of sp³-hybridized carbons (Fsp3) is 0.353. The number of para-hydroxylation sites is 1. The lowest BCUT2D eigenvalue weighted by Crippen LogP contribution is -2.38. The summed E-state index contributed by atoms with van der Waals surface area (Å²) in [6.07, 6.45) is 5.75. The topological polar surface area (TPSA) is 68.6 Å². The molecule has 23 heavy (non-hydrogen) atoms. The minimum absolute atomic E-state index is 0.175. The van der Waals surface area contributed by atoms with Gasteiger partial charge in [-0.3, -0.25) is 14.1 Å². The fourth-order valence-corrected chi connectivity index (χ4v) is 5.14. The predicted octanol–water partition coefficient (Wildman–Crippen LogP) is 3.81. The minimum atomic E-state index is -2.95. The first-order valence-corrected chi connectivity index (χ1v) is 9.41. The molecular weight excluding hydrogens is 310 g/mol. The van der Waals surface area contributed by atoms with Crippen molar-refractivity contribution in [3.8, 4) is 0 Å². The average molecular weight is 333 g/mol. The molecule has 3 N–H and O–H groups in total. The number of fused-ring (bicyclic) bond motifs is 1. The van der Waals surface area contributed by atoms with Gasteiger partial charge in [-0.05, 0) is 56.6 Å². The molecule has 0 radical (unpaired) electrons. The summed E-state index contributed by atoms with van der Waals surface area (Å²) >= 11 is 0. The minimum Gasteiger partial charge on any atom is -0.320 e. The van der Waals surface area contributed by atoms with E-state index in [9.17, 15) is 9.11 Å². The van der Waals surface area contributed by atoms with Crippen molar-refractivity contribution >= 4 is 22.2 Å². The molecule has 2 heterocycles. The van der Waals surface area contributed by atoms with Crippen LogP contribution in [0.15, 0.2) is 48.8 Å². The molecule has 0 saturated heterocycles. The van der Waals surface area contributed by atoms with Crippen molar-refractivity contribution in [3.63, 3.8) is 0 Å². The lowest BCUT2D eigenvalue weighted by molar-refractivity contribution is 0.454. The third-order valence-corrected chi connectivity index (χ3v) is 6.45. The van der Waals surface area contributed by atoms with Crippen molar-refractivity contribution in [2.45, 2.75) is 24.5 Å². The van der Waals surface area contributed by atoms with E-state index in [1.807, 2.05) is 37.4 Å². The van der Waals surface area contributed by atoms with E-state index in [1.165, 1.54) is 0 Å². The molecule has 0 unspecified atom stereocenters. The van der Waals surface area contributed by atoms with E-state index in [-0.39, 0.29) is 5.25 Å². The Hall–Kier alpha value is -1.60. The molecule has 1 aromatic heterocycles. The molecule has 0 bridgehead atoms. The largest absolute Gasteiger partial charge is 0.320 e. The fourth-order valence-electron chi connectivity index (χ4n) is 3.07. The van der Waals surface area contributed by atoms with Crippen LogP contribution in [0, 0.1) is 0 Å². The standard InChI is InChI=1S/C17H23N3O2S/c1-18-10-5-8-16-12-14-6-2-3-9-17(14)20(23(16,21)22)15-7-4-11-19-13-15/h2-4,6-7,9,11,13,16,18,21-22H,5,8,10,12H2,1H3/t16-/m1/s1. The molecule has 0 aliphatic carbocycles. The van der Waals surface area contributed by atoms with Gasteiger partial charge in [0.1, 0.15) is 0 Å². The maximum absolute atomic E-state index is 11.0. The number of hydrogen-bond donors (Lipinski definition) is 3. The van der Waals surface area contributed by atoms with Crippen LogP contribution < -0.4 is 9.62 Å². The van der Waals surface area contributed by atoms with Crippen LogP contribution in [-0.4, -0.2) is 32.9 Å². The molecule has 1 atom stereocenters. The van der Waals surface area contributed by atoms with Crippen LogP contribution in [-0.2, 0) is 6.42 Å². The second kappa shape index (κ2) is 6.88. The summed E-state index contributed by atoms with van der Waals surface area (Å²) in [6.45, 7) is 0.876. The summed E-state index contributed by atoms with van der Waals surface area (Å²) in [7, 11) is -1.03. The van der Waals surface area contributed by atoms with E-state index in [2.05, 4.69) is 16.4 Å². The maximum atomic E-state index is 11.0. The third-order valence-electron chi connectivity index (χ3n) is 4.21. The van der Waals surface area contributed by atoms with Crippen LogP contribution in [0.25, 0.3) is 0 Å². The van der Waals surface area contributed by atoms with E-state index >= 15 is 0 Å². The summed E-state index contributed by atoms with van der Waals surface area (Å²) in [6, 6.07) is 11.6. The molecule has 0 saturated carbocycles. The molecule has 6 heteroatoms. The summed E-state index contributed by atoms with van der Waals surface area (Å²) in [5.74, 6) is 0. The van der Waals surface area contributed by atoms with Crippen molar-refractivity contribution in [2.75, 3.05) is 17.9 Å². The van der Waals surface area contributed by atoms with E-state index in [0.717, 1.165) is 36.3 Å². The Morgan fingerprint density at radius 1 is 1.26 bits per heavy atom. The molecule has 3 rings (SSSR count). The molecular formula is C17H23N3O2S. The van der Waals surface area contributed by atoms with E-state index in [4.69, 9.17) is 0 Å². The van der Waals surface area contributed by atoms with Gasteiger partial charge in [-0.1, -0.05) is 18.2 Å². The van der Waals surface area contributed by atoms with Gasteiger partial charge < -0.3 is 5.32 Å². The van der Waals surface area contributed by atoms with Crippen LogP contribution in [0.2, 0.25) is 0 Å². The number of rotatable bonds is 5. The Balaban J connectivity index is 2.00. The highest BCUT2D eigenvalue weighted by molar-refractivity contribution is 8.26. The quantitative estimate of drug-likeness (QED) is 0.726. The van der Waals surface area contributed by atoms with E-state index in [0.29, 0.717) is 6.42 Å². The van der Waals surface area contributed by atoms with Crippen molar-refractivity contribution in [3.05, 3.63) is 54.4 Å². The highest BCUT2D eigenvalue weighted by atomic mass is 32.3. The number of pyridine rings is 1.